The Morgan fingerprint density at radius 1 is 1.24 bits per heavy atom. The second kappa shape index (κ2) is 7.14. The molecule has 2 amide bonds. The minimum Gasteiger partial charge on any atom is -0.326 e. The van der Waals surface area contributed by atoms with Crippen molar-refractivity contribution < 1.29 is 9.59 Å². The average molecular weight is 374 g/mol. The standard InChI is InChI=1S/C18H13Cl2N3O2/c19-14-5-2-6-15(17(14)20)23-10-12(8-16(23)24)18(25)22-13-4-1-3-11(7-13)9-21/h1-7,12H,8,10H2,(H,22,25). The van der Waals surface area contributed by atoms with E-state index in [0.29, 0.717) is 27.0 Å². The van der Waals surface area contributed by atoms with E-state index in [2.05, 4.69) is 5.32 Å². The zero-order valence-electron chi connectivity index (χ0n) is 13.0. The molecule has 0 saturated carbocycles. The minimum atomic E-state index is -0.506. The molecule has 1 heterocycles. The van der Waals surface area contributed by atoms with Gasteiger partial charge in [0.25, 0.3) is 0 Å². The average Bonchev–Trinajstić information content (AvgIpc) is 2.99. The van der Waals surface area contributed by atoms with Gasteiger partial charge in [0.1, 0.15) is 0 Å². The van der Waals surface area contributed by atoms with E-state index in [1.807, 2.05) is 6.07 Å². The largest absolute Gasteiger partial charge is 0.326 e. The van der Waals surface area contributed by atoms with Gasteiger partial charge < -0.3 is 10.2 Å². The van der Waals surface area contributed by atoms with Crippen LogP contribution in [0.1, 0.15) is 12.0 Å². The summed E-state index contributed by atoms with van der Waals surface area (Å²) in [6.07, 6.45) is 0.0899. The van der Waals surface area contributed by atoms with E-state index in [1.165, 1.54) is 4.90 Å². The predicted octanol–water partition coefficient (Wildman–Crippen LogP) is 3.86. The number of halogens is 2. The fourth-order valence-corrected chi connectivity index (χ4v) is 3.13. The number of carbonyl (C=O) groups is 2. The van der Waals surface area contributed by atoms with Crippen LogP contribution in [-0.4, -0.2) is 18.4 Å². The highest BCUT2D eigenvalue weighted by atomic mass is 35.5. The lowest BCUT2D eigenvalue weighted by molar-refractivity contribution is -0.122. The Morgan fingerprint density at radius 3 is 2.76 bits per heavy atom. The van der Waals surface area contributed by atoms with Gasteiger partial charge in [-0.2, -0.15) is 5.26 Å². The maximum atomic E-state index is 12.5. The highest BCUT2D eigenvalue weighted by Crippen LogP contribution is 2.35. The number of nitrogens with zero attached hydrogens (tertiary/aromatic N) is 2. The summed E-state index contributed by atoms with van der Waals surface area (Å²) < 4.78 is 0. The summed E-state index contributed by atoms with van der Waals surface area (Å²) in [5.74, 6) is -0.965. The van der Waals surface area contributed by atoms with Gasteiger partial charge in [-0.05, 0) is 30.3 Å². The fourth-order valence-electron chi connectivity index (χ4n) is 2.73. The van der Waals surface area contributed by atoms with Crippen LogP contribution in [-0.2, 0) is 9.59 Å². The zero-order valence-corrected chi connectivity index (χ0v) is 14.5. The summed E-state index contributed by atoms with van der Waals surface area (Å²) in [7, 11) is 0. The topological polar surface area (TPSA) is 73.2 Å². The van der Waals surface area contributed by atoms with Crippen molar-refractivity contribution in [3.63, 3.8) is 0 Å². The van der Waals surface area contributed by atoms with Crippen molar-refractivity contribution in [2.75, 3.05) is 16.8 Å². The summed E-state index contributed by atoms with van der Waals surface area (Å²) in [5, 5.41) is 12.3. The summed E-state index contributed by atoms with van der Waals surface area (Å²) in [6, 6.07) is 13.7. The summed E-state index contributed by atoms with van der Waals surface area (Å²) >= 11 is 12.2. The number of anilines is 2. The highest BCUT2D eigenvalue weighted by Gasteiger charge is 2.36. The molecule has 3 rings (SSSR count). The van der Waals surface area contributed by atoms with Crippen molar-refractivity contribution in [2.45, 2.75) is 6.42 Å². The zero-order chi connectivity index (χ0) is 18.0. The predicted molar refractivity (Wildman–Crippen MR) is 96.7 cm³/mol. The third-order valence-electron chi connectivity index (χ3n) is 3.98. The Balaban J connectivity index is 1.74. The van der Waals surface area contributed by atoms with E-state index in [1.54, 1.807) is 42.5 Å². The van der Waals surface area contributed by atoms with E-state index >= 15 is 0 Å². The molecule has 5 nitrogen and oxygen atoms in total. The third-order valence-corrected chi connectivity index (χ3v) is 4.79. The van der Waals surface area contributed by atoms with Crippen molar-refractivity contribution in [1.82, 2.24) is 0 Å². The van der Waals surface area contributed by atoms with E-state index in [9.17, 15) is 9.59 Å². The van der Waals surface area contributed by atoms with Crippen molar-refractivity contribution >= 4 is 46.4 Å². The molecule has 2 aromatic carbocycles. The molecule has 1 N–H and O–H groups in total. The quantitative estimate of drug-likeness (QED) is 0.887. The maximum absolute atomic E-state index is 12.5. The van der Waals surface area contributed by atoms with Crippen LogP contribution < -0.4 is 10.2 Å². The first-order chi connectivity index (χ1) is 12.0. The summed E-state index contributed by atoms with van der Waals surface area (Å²) in [4.78, 5) is 26.2. The van der Waals surface area contributed by atoms with Gasteiger partial charge in [0.2, 0.25) is 11.8 Å². The Labute approximate surface area is 154 Å². The van der Waals surface area contributed by atoms with Gasteiger partial charge in [0, 0.05) is 18.7 Å². The second-order valence-corrected chi connectivity index (χ2v) is 6.45. The number of carbonyl (C=O) groups excluding carboxylic acids is 2. The summed E-state index contributed by atoms with van der Waals surface area (Å²) in [6.45, 7) is 0.225. The van der Waals surface area contributed by atoms with E-state index in [0.717, 1.165) is 0 Å². The molecule has 2 aromatic rings. The molecular formula is C18H13Cl2N3O2. The van der Waals surface area contributed by atoms with Crippen molar-refractivity contribution in [2.24, 2.45) is 5.92 Å². The van der Waals surface area contributed by atoms with E-state index < -0.39 is 5.92 Å². The Hall–Kier alpha value is -2.55. The molecule has 1 aliphatic heterocycles. The van der Waals surface area contributed by atoms with Gasteiger partial charge in [-0.15, -0.1) is 0 Å². The van der Waals surface area contributed by atoms with Crippen LogP contribution in [0.15, 0.2) is 42.5 Å². The molecule has 0 bridgehead atoms. The van der Waals surface area contributed by atoms with Crippen molar-refractivity contribution in [3.8, 4) is 6.07 Å². The van der Waals surface area contributed by atoms with Crippen LogP contribution >= 0.6 is 23.2 Å². The SMILES string of the molecule is N#Cc1cccc(NC(=O)C2CC(=O)N(c3cccc(Cl)c3Cl)C2)c1. The molecule has 1 aliphatic rings. The van der Waals surface area contributed by atoms with Gasteiger partial charge >= 0.3 is 0 Å². The molecule has 0 radical (unpaired) electrons. The Kier molecular flexibility index (Phi) is 4.93. The highest BCUT2D eigenvalue weighted by molar-refractivity contribution is 6.44. The number of nitrogens with one attached hydrogen (secondary N) is 1. The molecule has 1 fully saturated rings. The molecule has 1 unspecified atom stereocenters. The number of hydrogen-bond donors (Lipinski definition) is 1. The lowest BCUT2D eigenvalue weighted by atomic mass is 10.1. The first kappa shape index (κ1) is 17.3. The van der Waals surface area contributed by atoms with Crippen LogP contribution in [0.25, 0.3) is 0 Å². The summed E-state index contributed by atoms with van der Waals surface area (Å²) in [5.41, 5.74) is 1.48. The fraction of sp³-hybridized carbons (Fsp3) is 0.167. The lowest BCUT2D eigenvalue weighted by Gasteiger charge is -2.18. The molecule has 0 aliphatic carbocycles. The van der Waals surface area contributed by atoms with Crippen LogP contribution in [0, 0.1) is 17.2 Å². The van der Waals surface area contributed by atoms with Gasteiger partial charge in [-0.1, -0.05) is 35.3 Å². The van der Waals surface area contributed by atoms with Gasteiger partial charge in [0.15, 0.2) is 0 Å². The number of rotatable bonds is 3. The smallest absolute Gasteiger partial charge is 0.229 e. The van der Waals surface area contributed by atoms with Crippen LogP contribution in [0.2, 0.25) is 10.0 Å². The van der Waals surface area contributed by atoms with Gasteiger partial charge in [-0.3, -0.25) is 9.59 Å². The number of nitriles is 1. The monoisotopic (exact) mass is 373 g/mol. The molecule has 1 saturated heterocycles. The van der Waals surface area contributed by atoms with Crippen molar-refractivity contribution in [1.29, 1.82) is 5.26 Å². The molecule has 126 valence electrons. The number of hydrogen-bond acceptors (Lipinski definition) is 3. The normalized spacial score (nSPS) is 16.6. The van der Waals surface area contributed by atoms with Gasteiger partial charge in [0.05, 0.1) is 33.3 Å². The van der Waals surface area contributed by atoms with E-state index in [4.69, 9.17) is 28.5 Å². The molecule has 7 heteroatoms. The maximum Gasteiger partial charge on any atom is 0.229 e. The molecule has 1 atom stereocenters. The van der Waals surface area contributed by atoms with Crippen LogP contribution in [0.5, 0.6) is 0 Å². The van der Waals surface area contributed by atoms with Crippen LogP contribution in [0.3, 0.4) is 0 Å². The Morgan fingerprint density at radius 2 is 2.00 bits per heavy atom. The van der Waals surface area contributed by atoms with Gasteiger partial charge in [-0.25, -0.2) is 0 Å². The second-order valence-electron chi connectivity index (χ2n) is 5.66. The molecular weight excluding hydrogens is 361 g/mol. The lowest BCUT2D eigenvalue weighted by Crippen LogP contribution is -2.28. The first-order valence-corrected chi connectivity index (χ1v) is 8.30. The van der Waals surface area contributed by atoms with E-state index in [-0.39, 0.29) is 24.8 Å². The number of benzene rings is 2. The Bertz CT molecular complexity index is 892. The first-order valence-electron chi connectivity index (χ1n) is 7.55. The number of amides is 2. The van der Waals surface area contributed by atoms with Crippen LogP contribution in [0.4, 0.5) is 11.4 Å². The molecule has 25 heavy (non-hydrogen) atoms. The minimum absolute atomic E-state index is 0.0899. The molecule has 0 spiro atoms. The third kappa shape index (κ3) is 3.60. The van der Waals surface area contributed by atoms with Crippen molar-refractivity contribution in [3.05, 3.63) is 58.1 Å². The molecule has 0 aromatic heterocycles.